The fraction of sp³-hybridized carbons (Fsp3) is 0.129. The third kappa shape index (κ3) is 5.16. The van der Waals surface area contributed by atoms with Gasteiger partial charge in [0.15, 0.2) is 0 Å². The molecule has 0 fully saturated rings. The maximum Gasteiger partial charge on any atom is 0.416 e. The van der Waals surface area contributed by atoms with Crippen LogP contribution in [0.15, 0.2) is 97.3 Å². The number of aromatic nitrogens is 2. The lowest BCUT2D eigenvalue weighted by Crippen LogP contribution is -2.26. The molecule has 1 aliphatic rings. The van der Waals surface area contributed by atoms with Gasteiger partial charge in [0.25, 0.3) is 0 Å². The molecule has 1 aliphatic heterocycles. The van der Waals surface area contributed by atoms with Crippen molar-refractivity contribution in [3.8, 4) is 5.69 Å². The van der Waals surface area contributed by atoms with E-state index in [1.54, 1.807) is 29.4 Å². The van der Waals surface area contributed by atoms with Crippen LogP contribution in [0.4, 0.5) is 30.2 Å². The van der Waals surface area contributed by atoms with Crippen LogP contribution in [-0.2, 0) is 15.8 Å². The van der Waals surface area contributed by atoms with Crippen LogP contribution >= 0.6 is 12.4 Å². The summed E-state index contributed by atoms with van der Waals surface area (Å²) < 4.78 is 40.9. The molecule has 2 amide bonds. The zero-order chi connectivity index (χ0) is 28.0. The smallest absolute Gasteiger partial charge is 0.323 e. The van der Waals surface area contributed by atoms with Crippen LogP contribution in [0.25, 0.3) is 16.5 Å². The highest BCUT2D eigenvalue weighted by atomic mass is 35.5. The maximum absolute atomic E-state index is 13.2. The number of alkyl halides is 3. The molecule has 0 saturated carbocycles. The lowest BCUT2D eigenvalue weighted by Gasteiger charge is -2.24. The van der Waals surface area contributed by atoms with Gasteiger partial charge in [-0.2, -0.15) is 13.2 Å². The van der Waals surface area contributed by atoms with Gasteiger partial charge in [-0.05, 0) is 53.4 Å². The Morgan fingerprint density at radius 3 is 2.27 bits per heavy atom. The molecule has 0 aliphatic carbocycles. The zero-order valence-corrected chi connectivity index (χ0v) is 22.5. The highest BCUT2D eigenvalue weighted by molar-refractivity contribution is 6.21. The van der Waals surface area contributed by atoms with E-state index in [1.807, 2.05) is 60.0 Å². The van der Waals surface area contributed by atoms with E-state index in [-0.39, 0.29) is 36.6 Å². The van der Waals surface area contributed by atoms with E-state index in [2.05, 4.69) is 10.3 Å². The minimum Gasteiger partial charge on any atom is -0.323 e. The van der Waals surface area contributed by atoms with E-state index in [9.17, 15) is 22.8 Å². The first kappa shape index (κ1) is 27.9. The van der Waals surface area contributed by atoms with Gasteiger partial charge in [-0.3, -0.25) is 14.5 Å². The third-order valence-corrected chi connectivity index (χ3v) is 7.15. The van der Waals surface area contributed by atoms with Crippen molar-refractivity contribution in [3.63, 3.8) is 0 Å². The summed E-state index contributed by atoms with van der Waals surface area (Å²) in [5.41, 5.74) is 2.54. The Bertz CT molecular complexity index is 1750. The summed E-state index contributed by atoms with van der Waals surface area (Å²) in [6.45, 7) is 1.89. The average Bonchev–Trinajstić information content (AvgIpc) is 3.39. The molecule has 0 saturated heterocycles. The van der Waals surface area contributed by atoms with E-state index in [1.165, 1.54) is 12.1 Å². The van der Waals surface area contributed by atoms with Crippen molar-refractivity contribution in [2.75, 3.05) is 10.2 Å². The molecular weight excluding hydrogens is 553 g/mol. The number of fused-ring (bicyclic) bond motifs is 3. The second-order valence-corrected chi connectivity index (χ2v) is 9.65. The molecule has 0 bridgehead atoms. The van der Waals surface area contributed by atoms with Crippen molar-refractivity contribution in [2.24, 2.45) is 0 Å². The predicted octanol–water partition coefficient (Wildman–Crippen LogP) is 7.62. The minimum atomic E-state index is -4.40. The highest BCUT2D eigenvalue weighted by Crippen LogP contribution is 2.40. The molecule has 41 heavy (non-hydrogen) atoms. The van der Waals surface area contributed by atoms with Gasteiger partial charge < -0.3 is 9.88 Å². The van der Waals surface area contributed by atoms with Gasteiger partial charge in [0.1, 0.15) is 12.2 Å². The maximum atomic E-state index is 13.2. The number of imidazole rings is 1. The number of carbonyl (C=O) groups excluding carboxylic acids is 2. The molecule has 2 heterocycles. The Balaban J connectivity index is 0.00000337. The summed E-state index contributed by atoms with van der Waals surface area (Å²) in [7, 11) is 0. The topological polar surface area (TPSA) is 67.2 Å². The van der Waals surface area contributed by atoms with Crippen LogP contribution in [0.1, 0.15) is 36.2 Å². The van der Waals surface area contributed by atoms with Gasteiger partial charge in [0, 0.05) is 35.1 Å². The molecule has 1 unspecified atom stereocenters. The average molecular weight is 577 g/mol. The van der Waals surface area contributed by atoms with Gasteiger partial charge in [0.05, 0.1) is 16.9 Å². The number of nitrogens with one attached hydrogen (secondary N) is 1. The molecule has 0 spiro atoms. The first-order chi connectivity index (χ1) is 19.2. The van der Waals surface area contributed by atoms with Crippen molar-refractivity contribution in [1.82, 2.24) is 9.55 Å². The number of nitrogens with zero attached hydrogens (tertiary/aromatic N) is 3. The highest BCUT2D eigenvalue weighted by Gasteiger charge is 2.31. The quantitative estimate of drug-likeness (QED) is 0.224. The number of amides is 2. The molecule has 4 aromatic carbocycles. The van der Waals surface area contributed by atoms with E-state index < -0.39 is 11.7 Å². The largest absolute Gasteiger partial charge is 0.416 e. The second-order valence-electron chi connectivity index (χ2n) is 9.65. The summed E-state index contributed by atoms with van der Waals surface area (Å²) in [5.74, 6) is -0.341. The van der Waals surface area contributed by atoms with Crippen LogP contribution in [0.2, 0.25) is 0 Å². The molecular formula is C31H24ClF3N4O2. The van der Waals surface area contributed by atoms with E-state index in [0.717, 1.165) is 28.6 Å². The van der Waals surface area contributed by atoms with Crippen LogP contribution in [-0.4, -0.2) is 21.4 Å². The van der Waals surface area contributed by atoms with Gasteiger partial charge >= 0.3 is 6.18 Å². The Kier molecular flexibility index (Phi) is 7.31. The van der Waals surface area contributed by atoms with Crippen LogP contribution in [0.3, 0.4) is 0 Å². The number of anilines is 3. The number of carbonyl (C=O) groups is 2. The molecule has 1 aromatic heterocycles. The van der Waals surface area contributed by atoms with Crippen LogP contribution in [0.5, 0.6) is 0 Å². The molecule has 1 N–H and O–H groups in total. The predicted molar refractivity (Wildman–Crippen MR) is 154 cm³/mol. The van der Waals surface area contributed by atoms with Gasteiger partial charge in [-0.25, -0.2) is 4.98 Å². The van der Waals surface area contributed by atoms with E-state index in [4.69, 9.17) is 0 Å². The zero-order valence-electron chi connectivity index (χ0n) is 21.7. The Morgan fingerprint density at radius 2 is 1.56 bits per heavy atom. The molecule has 0 radical (unpaired) electrons. The number of benzene rings is 4. The standard InChI is InChI=1S/C31H23F3N4O2.ClH/c1-19(20-6-9-22(10-7-20)31(32,33)34)30-35-16-17-37(30)23-11-13-24(14-12-23)38-26-15-8-21-4-2-3-5-25(21)29(26)36-27(39)18-28(38)40;/h2-17,19H,18H2,1H3,(H,36,39);1H. The fourth-order valence-electron chi connectivity index (χ4n) is 5.12. The summed E-state index contributed by atoms with van der Waals surface area (Å²) in [5, 5.41) is 4.68. The third-order valence-electron chi connectivity index (χ3n) is 7.15. The van der Waals surface area contributed by atoms with Crippen molar-refractivity contribution in [2.45, 2.75) is 25.4 Å². The van der Waals surface area contributed by atoms with Crippen molar-refractivity contribution >= 4 is 52.1 Å². The Hall–Kier alpha value is -4.63. The van der Waals surface area contributed by atoms with Crippen molar-refractivity contribution < 1.29 is 22.8 Å². The summed E-state index contributed by atoms with van der Waals surface area (Å²) in [6.07, 6.45) is -1.26. The lowest BCUT2D eigenvalue weighted by molar-refractivity contribution is -0.137. The monoisotopic (exact) mass is 576 g/mol. The first-order valence-electron chi connectivity index (χ1n) is 12.7. The molecule has 6 rings (SSSR count). The second kappa shape index (κ2) is 10.7. The van der Waals surface area contributed by atoms with Gasteiger partial charge in [0.2, 0.25) is 11.8 Å². The summed E-state index contributed by atoms with van der Waals surface area (Å²) in [4.78, 5) is 31.8. The Morgan fingerprint density at radius 1 is 0.878 bits per heavy atom. The fourth-order valence-corrected chi connectivity index (χ4v) is 5.12. The molecule has 208 valence electrons. The van der Waals surface area contributed by atoms with Crippen molar-refractivity contribution in [1.29, 1.82) is 0 Å². The number of rotatable bonds is 4. The SMILES string of the molecule is CC(c1ccc(C(F)(F)F)cc1)c1nccn1-c1ccc(N2C(=O)CC(=O)Nc3c2ccc2ccccc32)cc1.Cl. The summed E-state index contributed by atoms with van der Waals surface area (Å²) >= 11 is 0. The number of hydrogen-bond acceptors (Lipinski definition) is 3. The molecule has 1 atom stereocenters. The lowest BCUT2D eigenvalue weighted by atomic mass is 9.98. The Labute approximate surface area is 239 Å². The van der Waals surface area contributed by atoms with Crippen LogP contribution in [0, 0.1) is 0 Å². The van der Waals surface area contributed by atoms with E-state index in [0.29, 0.717) is 28.5 Å². The van der Waals surface area contributed by atoms with Gasteiger partial charge in [-0.1, -0.05) is 49.4 Å². The summed E-state index contributed by atoms with van der Waals surface area (Å²) in [6, 6.07) is 23.8. The first-order valence-corrected chi connectivity index (χ1v) is 12.7. The normalized spacial score (nSPS) is 14.2. The minimum absolute atomic E-state index is 0. The molecule has 6 nitrogen and oxygen atoms in total. The number of hydrogen-bond donors (Lipinski definition) is 1. The number of halogens is 4. The van der Waals surface area contributed by atoms with Crippen molar-refractivity contribution in [3.05, 3.63) is 114 Å². The molecule has 5 aromatic rings. The van der Waals surface area contributed by atoms with Crippen LogP contribution < -0.4 is 10.2 Å². The van der Waals surface area contributed by atoms with E-state index >= 15 is 0 Å². The molecule has 10 heteroatoms. The van der Waals surface area contributed by atoms with Gasteiger partial charge in [-0.15, -0.1) is 12.4 Å².